The minimum atomic E-state index is -0.371. The normalized spacial score (nSPS) is 9.76. The van der Waals surface area contributed by atoms with Crippen molar-refractivity contribution >= 4 is 7.69 Å². The summed E-state index contributed by atoms with van der Waals surface area (Å²) in [5.74, 6) is 1.20. The van der Waals surface area contributed by atoms with Crippen LogP contribution in [0.15, 0.2) is 48.5 Å². The van der Waals surface area contributed by atoms with Crippen LogP contribution in [0.5, 0.6) is 17.2 Å². The monoisotopic (exact) mass is 232 g/mol. The van der Waals surface area contributed by atoms with E-state index in [9.17, 15) is 4.39 Å². The Hall–Kier alpha value is -2.01. The van der Waals surface area contributed by atoms with E-state index in [-0.39, 0.29) is 13.5 Å². The van der Waals surface area contributed by atoms with Crippen molar-refractivity contribution in [1.82, 2.24) is 0 Å². The second-order valence-electron chi connectivity index (χ2n) is 3.30. The van der Waals surface area contributed by atoms with E-state index in [0.717, 1.165) is 0 Å². The van der Waals surface area contributed by atoms with Crippen molar-refractivity contribution < 1.29 is 18.8 Å². The minimum absolute atomic E-state index is 0.345. The molecule has 1 N–H and O–H groups in total. The molecular weight excluding hydrogens is 222 g/mol. The molecule has 0 aliphatic rings. The van der Waals surface area contributed by atoms with E-state index in [0.29, 0.717) is 17.2 Å². The average Bonchev–Trinajstić information content (AvgIpc) is 2.32. The molecule has 0 atom stereocenters. The lowest BCUT2D eigenvalue weighted by atomic mass is 10.3. The van der Waals surface area contributed by atoms with Crippen LogP contribution in [0, 0.1) is 5.82 Å². The van der Waals surface area contributed by atoms with Crippen LogP contribution in [-0.2, 0) is 0 Å². The highest BCUT2D eigenvalue weighted by Crippen LogP contribution is 2.23. The lowest BCUT2D eigenvalue weighted by Gasteiger charge is -2.07. The number of benzene rings is 2. The van der Waals surface area contributed by atoms with Crippen LogP contribution < -0.4 is 9.39 Å². The largest absolute Gasteiger partial charge is 0.539 e. The molecule has 0 saturated heterocycles. The molecule has 0 saturated carbocycles. The highest BCUT2D eigenvalue weighted by molar-refractivity contribution is 6.17. The van der Waals surface area contributed by atoms with Crippen LogP contribution in [0.25, 0.3) is 0 Å². The van der Waals surface area contributed by atoms with Gasteiger partial charge in [-0.15, -0.1) is 0 Å². The van der Waals surface area contributed by atoms with Crippen LogP contribution in [0.4, 0.5) is 4.39 Å². The molecular formula is C12H10BFO3. The summed E-state index contributed by atoms with van der Waals surface area (Å²) in [5, 5.41) is 8.56. The first-order valence-electron chi connectivity index (χ1n) is 5.05. The first kappa shape index (κ1) is 11.5. The van der Waals surface area contributed by atoms with Crippen LogP contribution in [0.2, 0.25) is 0 Å². The van der Waals surface area contributed by atoms with Crippen molar-refractivity contribution in [2.45, 2.75) is 0 Å². The fourth-order valence-electron chi connectivity index (χ4n) is 1.35. The molecule has 17 heavy (non-hydrogen) atoms. The predicted molar refractivity (Wildman–Crippen MR) is 62.9 cm³/mol. The zero-order valence-electron chi connectivity index (χ0n) is 8.97. The first-order chi connectivity index (χ1) is 8.28. The number of hydrogen-bond acceptors (Lipinski definition) is 3. The number of hydrogen-bond donors (Lipinski definition) is 1. The molecule has 86 valence electrons. The fraction of sp³-hybridized carbons (Fsp3) is 0. The zero-order valence-corrected chi connectivity index (χ0v) is 8.97. The third kappa shape index (κ3) is 3.22. The lowest BCUT2D eigenvalue weighted by Crippen LogP contribution is -1.99. The van der Waals surface area contributed by atoms with Crippen molar-refractivity contribution in [2.24, 2.45) is 0 Å². The second kappa shape index (κ2) is 5.36. The van der Waals surface area contributed by atoms with E-state index in [4.69, 9.17) is 14.4 Å². The summed E-state index contributed by atoms with van der Waals surface area (Å²) in [6.45, 7) is 0. The molecule has 2 aromatic rings. The Labute approximate surface area is 98.7 Å². The molecule has 0 aliphatic carbocycles. The second-order valence-corrected chi connectivity index (χ2v) is 3.30. The standard InChI is InChI=1S/C12H10BFO3/c14-9-2-1-3-12(8-9)16-10-4-6-11(7-5-10)17-13-15/h1-8,13,15H. The molecule has 0 spiro atoms. The van der Waals surface area contributed by atoms with Crippen molar-refractivity contribution in [3.8, 4) is 17.2 Å². The van der Waals surface area contributed by atoms with Gasteiger partial charge < -0.3 is 14.4 Å². The highest BCUT2D eigenvalue weighted by Gasteiger charge is 1.99. The van der Waals surface area contributed by atoms with E-state index in [1.807, 2.05) is 0 Å². The lowest BCUT2D eigenvalue weighted by molar-refractivity contribution is 0.450. The van der Waals surface area contributed by atoms with Gasteiger partial charge in [-0.3, -0.25) is 0 Å². The maximum atomic E-state index is 12.9. The molecule has 3 nitrogen and oxygen atoms in total. The fourth-order valence-corrected chi connectivity index (χ4v) is 1.35. The molecule has 2 aromatic carbocycles. The van der Waals surface area contributed by atoms with Gasteiger partial charge in [0.15, 0.2) is 0 Å². The molecule has 0 heterocycles. The number of halogens is 1. The van der Waals surface area contributed by atoms with E-state index < -0.39 is 0 Å². The Morgan fingerprint density at radius 2 is 1.65 bits per heavy atom. The average molecular weight is 232 g/mol. The summed E-state index contributed by atoms with van der Waals surface area (Å²) >= 11 is 0. The van der Waals surface area contributed by atoms with E-state index >= 15 is 0 Å². The molecule has 2 rings (SSSR count). The third-order valence-corrected chi connectivity index (χ3v) is 2.09. The molecule has 0 radical (unpaired) electrons. The van der Waals surface area contributed by atoms with Crippen LogP contribution in [0.1, 0.15) is 0 Å². The van der Waals surface area contributed by atoms with Gasteiger partial charge in [-0.2, -0.15) is 0 Å². The van der Waals surface area contributed by atoms with Crippen LogP contribution in [0.3, 0.4) is 0 Å². The van der Waals surface area contributed by atoms with Gasteiger partial charge in [0.25, 0.3) is 0 Å². The van der Waals surface area contributed by atoms with Crippen molar-refractivity contribution in [3.05, 3.63) is 54.3 Å². The van der Waals surface area contributed by atoms with Gasteiger partial charge in [0.2, 0.25) is 0 Å². The van der Waals surface area contributed by atoms with Crippen molar-refractivity contribution in [3.63, 3.8) is 0 Å². The Morgan fingerprint density at radius 3 is 2.29 bits per heavy atom. The molecule has 0 fully saturated rings. The Bertz CT molecular complexity index is 487. The Morgan fingerprint density at radius 1 is 0.941 bits per heavy atom. The highest BCUT2D eigenvalue weighted by atomic mass is 19.1. The first-order valence-corrected chi connectivity index (χ1v) is 5.05. The third-order valence-electron chi connectivity index (χ3n) is 2.09. The van der Waals surface area contributed by atoms with Gasteiger partial charge in [-0.1, -0.05) is 6.07 Å². The van der Waals surface area contributed by atoms with E-state index in [1.165, 1.54) is 12.1 Å². The summed E-state index contributed by atoms with van der Waals surface area (Å²) in [4.78, 5) is 0. The maximum Gasteiger partial charge on any atom is 0.504 e. The quantitative estimate of drug-likeness (QED) is 0.821. The van der Waals surface area contributed by atoms with Gasteiger partial charge in [-0.25, -0.2) is 4.39 Å². The number of rotatable bonds is 4. The summed E-state index contributed by atoms with van der Waals surface area (Å²) in [6.07, 6.45) is 0. The number of ether oxygens (including phenoxy) is 1. The van der Waals surface area contributed by atoms with Crippen molar-refractivity contribution in [1.29, 1.82) is 0 Å². The molecule has 0 bridgehead atoms. The molecule has 5 heteroatoms. The summed E-state index contributed by atoms with van der Waals surface area (Å²) < 4.78 is 23.2. The van der Waals surface area contributed by atoms with Crippen molar-refractivity contribution in [2.75, 3.05) is 0 Å². The maximum absolute atomic E-state index is 12.9. The predicted octanol–water partition coefficient (Wildman–Crippen LogP) is 2.26. The van der Waals surface area contributed by atoms with E-state index in [1.54, 1.807) is 36.4 Å². The van der Waals surface area contributed by atoms with Crippen LogP contribution in [-0.4, -0.2) is 12.7 Å². The zero-order chi connectivity index (χ0) is 12.1. The SMILES string of the molecule is OBOc1ccc(Oc2cccc(F)c2)cc1. The summed E-state index contributed by atoms with van der Waals surface area (Å²) in [5.41, 5.74) is 0. The molecule has 0 unspecified atom stereocenters. The van der Waals surface area contributed by atoms with Gasteiger partial charge >= 0.3 is 7.69 Å². The van der Waals surface area contributed by atoms with Gasteiger partial charge in [0.1, 0.15) is 23.1 Å². The summed E-state index contributed by atoms with van der Waals surface area (Å²) in [7, 11) is -0.371. The molecule has 0 aromatic heterocycles. The Kier molecular flexibility index (Phi) is 3.62. The summed E-state index contributed by atoms with van der Waals surface area (Å²) in [6, 6.07) is 12.6. The topological polar surface area (TPSA) is 38.7 Å². The molecule has 0 aliphatic heterocycles. The Balaban J connectivity index is 2.08. The van der Waals surface area contributed by atoms with Gasteiger partial charge in [0.05, 0.1) is 0 Å². The minimum Gasteiger partial charge on any atom is -0.539 e. The van der Waals surface area contributed by atoms with Gasteiger partial charge in [-0.05, 0) is 36.4 Å². The van der Waals surface area contributed by atoms with Gasteiger partial charge in [0, 0.05) is 6.07 Å². The smallest absolute Gasteiger partial charge is 0.504 e. The molecule has 0 amide bonds. The van der Waals surface area contributed by atoms with E-state index in [2.05, 4.69) is 0 Å². The van der Waals surface area contributed by atoms with Crippen LogP contribution >= 0.6 is 0 Å².